The van der Waals surface area contributed by atoms with Gasteiger partial charge in [0.25, 0.3) is 5.56 Å². The predicted molar refractivity (Wildman–Crippen MR) is 125 cm³/mol. The van der Waals surface area contributed by atoms with Gasteiger partial charge in [-0.05, 0) is 68.0 Å². The summed E-state index contributed by atoms with van der Waals surface area (Å²) in [6.45, 7) is 2.01. The molecule has 3 aromatic heterocycles. The first-order valence-corrected chi connectivity index (χ1v) is 10.4. The van der Waals surface area contributed by atoms with Gasteiger partial charge >= 0.3 is 0 Å². The van der Waals surface area contributed by atoms with Crippen LogP contribution < -0.4 is 5.56 Å². The van der Waals surface area contributed by atoms with Gasteiger partial charge in [0.05, 0.1) is 16.9 Å². The average molecular weight is 420 g/mol. The lowest BCUT2D eigenvalue weighted by molar-refractivity contribution is 0.698. The summed E-state index contributed by atoms with van der Waals surface area (Å²) in [5.41, 5.74) is 7.81. The van der Waals surface area contributed by atoms with Crippen LogP contribution in [0.25, 0.3) is 27.8 Å². The summed E-state index contributed by atoms with van der Waals surface area (Å²) in [6, 6.07) is 14.0. The van der Waals surface area contributed by atoms with E-state index in [-0.39, 0.29) is 18.0 Å². The number of benzene rings is 1. The van der Waals surface area contributed by atoms with Crippen LogP contribution in [0, 0.1) is 6.92 Å². The summed E-state index contributed by atoms with van der Waals surface area (Å²) in [5, 5.41) is 1.33. The van der Waals surface area contributed by atoms with Gasteiger partial charge in [-0.15, -0.1) is 12.4 Å². The van der Waals surface area contributed by atoms with Gasteiger partial charge in [0.15, 0.2) is 0 Å². The Morgan fingerprint density at radius 2 is 1.80 bits per heavy atom. The number of hydrogen-bond donors (Lipinski definition) is 0. The van der Waals surface area contributed by atoms with Crippen molar-refractivity contribution in [2.24, 2.45) is 7.05 Å². The number of rotatable bonds is 2. The van der Waals surface area contributed by atoms with Crippen LogP contribution in [0.1, 0.15) is 36.1 Å². The fourth-order valence-corrected chi connectivity index (χ4v) is 4.56. The van der Waals surface area contributed by atoms with Gasteiger partial charge in [-0.1, -0.05) is 18.6 Å². The second-order valence-corrected chi connectivity index (χ2v) is 8.09. The Hall–Kier alpha value is -2.85. The van der Waals surface area contributed by atoms with Gasteiger partial charge in [-0.3, -0.25) is 14.3 Å². The van der Waals surface area contributed by atoms with Crippen molar-refractivity contribution in [3.05, 3.63) is 82.0 Å². The highest BCUT2D eigenvalue weighted by Gasteiger charge is 2.17. The van der Waals surface area contributed by atoms with Crippen LogP contribution in [0.2, 0.25) is 0 Å². The molecule has 0 N–H and O–H groups in total. The molecule has 0 saturated carbocycles. The number of aryl methyl sites for hydroxylation is 3. The van der Waals surface area contributed by atoms with Crippen molar-refractivity contribution < 1.29 is 0 Å². The number of pyridine rings is 2. The smallest absolute Gasteiger partial charge is 0.255 e. The fourth-order valence-electron chi connectivity index (χ4n) is 4.56. The van der Waals surface area contributed by atoms with Crippen LogP contribution in [-0.2, 0) is 19.9 Å². The molecule has 1 aromatic carbocycles. The third-order valence-corrected chi connectivity index (χ3v) is 6.17. The molecule has 5 heteroatoms. The lowest BCUT2D eigenvalue weighted by Gasteiger charge is -2.09. The second kappa shape index (κ2) is 8.11. The number of fused-ring (bicyclic) bond motifs is 3. The minimum atomic E-state index is -0.0417. The van der Waals surface area contributed by atoms with Gasteiger partial charge in [0, 0.05) is 42.2 Å². The second-order valence-electron chi connectivity index (χ2n) is 8.09. The van der Waals surface area contributed by atoms with E-state index in [2.05, 4.69) is 34.8 Å². The fraction of sp³-hybridized carbons (Fsp3) is 0.280. The van der Waals surface area contributed by atoms with Crippen molar-refractivity contribution in [1.29, 1.82) is 0 Å². The molecule has 5 rings (SSSR count). The molecular weight excluding hydrogens is 394 g/mol. The van der Waals surface area contributed by atoms with Gasteiger partial charge in [-0.25, -0.2) is 0 Å². The maximum Gasteiger partial charge on any atom is 0.255 e. The summed E-state index contributed by atoms with van der Waals surface area (Å²) in [7, 11) is 2.16. The first-order chi connectivity index (χ1) is 14.1. The SMILES string of the molecule is Cc1ccc(-c2ccn(-c3ccc4c5c(n(C)c4c3)CCCCC5)c(=O)c2)nc1.Cl. The Balaban J connectivity index is 0.00000218. The molecule has 154 valence electrons. The van der Waals surface area contributed by atoms with E-state index < -0.39 is 0 Å². The number of nitrogens with zero attached hydrogens (tertiary/aromatic N) is 3. The van der Waals surface area contributed by atoms with Crippen LogP contribution in [0.15, 0.2) is 59.7 Å². The van der Waals surface area contributed by atoms with Crippen LogP contribution in [0.3, 0.4) is 0 Å². The summed E-state index contributed by atoms with van der Waals surface area (Å²) in [5.74, 6) is 0. The normalized spacial score (nSPS) is 13.5. The highest BCUT2D eigenvalue weighted by atomic mass is 35.5. The molecule has 0 bridgehead atoms. The van der Waals surface area contributed by atoms with E-state index in [4.69, 9.17) is 0 Å². The van der Waals surface area contributed by atoms with Crippen molar-refractivity contribution in [3.63, 3.8) is 0 Å². The first-order valence-electron chi connectivity index (χ1n) is 10.4. The van der Waals surface area contributed by atoms with Gasteiger partial charge in [-0.2, -0.15) is 0 Å². The molecule has 1 aliphatic carbocycles. The molecule has 0 amide bonds. The minimum absolute atomic E-state index is 0. The van der Waals surface area contributed by atoms with Crippen LogP contribution >= 0.6 is 12.4 Å². The average Bonchev–Trinajstić information content (AvgIpc) is 2.89. The van der Waals surface area contributed by atoms with Crippen molar-refractivity contribution >= 4 is 23.3 Å². The third-order valence-electron chi connectivity index (χ3n) is 6.17. The maximum atomic E-state index is 12.9. The monoisotopic (exact) mass is 419 g/mol. The van der Waals surface area contributed by atoms with Gasteiger partial charge in [0.2, 0.25) is 0 Å². The van der Waals surface area contributed by atoms with E-state index in [1.54, 1.807) is 10.6 Å². The zero-order valence-corrected chi connectivity index (χ0v) is 18.2. The van der Waals surface area contributed by atoms with Crippen molar-refractivity contribution in [1.82, 2.24) is 14.1 Å². The van der Waals surface area contributed by atoms with Crippen LogP contribution in [0.5, 0.6) is 0 Å². The Kier molecular flexibility index (Phi) is 5.52. The Morgan fingerprint density at radius 3 is 2.57 bits per heavy atom. The molecule has 0 radical (unpaired) electrons. The standard InChI is InChI=1S/C25H25N3O.ClH/c1-17-8-11-22(26-16-17)18-12-13-28(25(29)14-18)19-9-10-21-20-6-4-3-5-7-23(20)27(2)24(21)15-19;/h8-16H,3-7H2,1-2H3;1H. The van der Waals surface area contributed by atoms with Gasteiger partial charge in [0.1, 0.15) is 0 Å². The van der Waals surface area contributed by atoms with E-state index >= 15 is 0 Å². The molecular formula is C25H26ClN3O. The van der Waals surface area contributed by atoms with E-state index in [1.807, 2.05) is 37.5 Å². The summed E-state index contributed by atoms with van der Waals surface area (Å²) in [4.78, 5) is 17.3. The highest BCUT2D eigenvalue weighted by Crippen LogP contribution is 2.31. The zero-order valence-electron chi connectivity index (χ0n) is 17.4. The summed E-state index contributed by atoms with van der Waals surface area (Å²) in [6.07, 6.45) is 9.83. The molecule has 30 heavy (non-hydrogen) atoms. The summed E-state index contributed by atoms with van der Waals surface area (Å²) >= 11 is 0. The Morgan fingerprint density at radius 1 is 0.967 bits per heavy atom. The number of hydrogen-bond acceptors (Lipinski definition) is 2. The van der Waals surface area contributed by atoms with Gasteiger partial charge < -0.3 is 4.57 Å². The van der Waals surface area contributed by atoms with E-state index in [9.17, 15) is 4.79 Å². The van der Waals surface area contributed by atoms with Crippen LogP contribution in [0.4, 0.5) is 0 Å². The van der Waals surface area contributed by atoms with Crippen molar-refractivity contribution in [2.45, 2.75) is 39.0 Å². The van der Waals surface area contributed by atoms with Crippen molar-refractivity contribution in [3.8, 4) is 16.9 Å². The quantitative estimate of drug-likeness (QED) is 0.408. The zero-order chi connectivity index (χ0) is 20.0. The molecule has 0 atom stereocenters. The predicted octanol–water partition coefficient (Wildman–Crippen LogP) is 5.39. The van der Waals surface area contributed by atoms with E-state index in [0.29, 0.717) is 0 Å². The molecule has 3 heterocycles. The Labute approximate surface area is 182 Å². The Bertz CT molecular complexity index is 1270. The number of halogens is 1. The molecule has 0 unspecified atom stereocenters. The molecule has 4 nitrogen and oxygen atoms in total. The topological polar surface area (TPSA) is 39.8 Å². The van der Waals surface area contributed by atoms with E-state index in [1.165, 1.54) is 41.4 Å². The molecule has 0 aliphatic heterocycles. The molecule has 1 aliphatic rings. The van der Waals surface area contributed by atoms with Crippen molar-refractivity contribution in [2.75, 3.05) is 0 Å². The maximum absolute atomic E-state index is 12.9. The molecule has 0 fully saturated rings. The highest BCUT2D eigenvalue weighted by molar-refractivity contribution is 5.87. The summed E-state index contributed by atoms with van der Waals surface area (Å²) < 4.78 is 4.05. The largest absolute Gasteiger partial charge is 0.347 e. The minimum Gasteiger partial charge on any atom is -0.347 e. The van der Waals surface area contributed by atoms with Crippen LogP contribution in [-0.4, -0.2) is 14.1 Å². The molecule has 0 spiro atoms. The number of aromatic nitrogens is 3. The van der Waals surface area contributed by atoms with E-state index in [0.717, 1.165) is 35.3 Å². The lowest BCUT2D eigenvalue weighted by atomic mass is 10.1. The molecule has 4 aromatic rings. The molecule has 0 saturated heterocycles. The third kappa shape index (κ3) is 3.46. The first kappa shape index (κ1) is 20.4. The lowest BCUT2D eigenvalue weighted by Crippen LogP contribution is -2.16.